The highest BCUT2D eigenvalue weighted by Crippen LogP contribution is 2.32. The second-order valence-electron chi connectivity index (χ2n) is 5.47. The van der Waals surface area contributed by atoms with E-state index in [4.69, 9.17) is 9.47 Å². The SMILES string of the molecule is CC(C)(C)OC(=O)c1cc(Br)c2c(c1)CNCCO2. The van der Waals surface area contributed by atoms with Gasteiger partial charge in [0.2, 0.25) is 0 Å². The molecule has 1 N–H and O–H groups in total. The fraction of sp³-hybridized carbons (Fsp3) is 0.500. The zero-order valence-corrected chi connectivity index (χ0v) is 13.0. The number of nitrogens with one attached hydrogen (secondary N) is 1. The average Bonchev–Trinajstić information content (AvgIpc) is 2.51. The molecular formula is C14H18BrNO3. The van der Waals surface area contributed by atoms with E-state index in [1.165, 1.54) is 0 Å². The normalized spacial score (nSPS) is 15.2. The first-order valence-electron chi connectivity index (χ1n) is 6.26. The number of ether oxygens (including phenoxy) is 2. The Kier molecular flexibility index (Phi) is 4.16. The number of carbonyl (C=O) groups is 1. The summed E-state index contributed by atoms with van der Waals surface area (Å²) in [6.45, 7) is 7.67. The number of benzene rings is 1. The molecule has 4 nitrogen and oxygen atoms in total. The number of carbonyl (C=O) groups excluding carboxylic acids is 1. The van der Waals surface area contributed by atoms with E-state index in [1.54, 1.807) is 6.07 Å². The summed E-state index contributed by atoms with van der Waals surface area (Å²) in [7, 11) is 0. The van der Waals surface area contributed by atoms with E-state index in [2.05, 4.69) is 21.2 Å². The molecule has 0 amide bonds. The summed E-state index contributed by atoms with van der Waals surface area (Å²) in [6, 6.07) is 3.57. The van der Waals surface area contributed by atoms with Gasteiger partial charge in [-0.15, -0.1) is 0 Å². The third kappa shape index (κ3) is 3.70. The lowest BCUT2D eigenvalue weighted by molar-refractivity contribution is 0.00693. The fourth-order valence-corrected chi connectivity index (χ4v) is 2.46. The Morgan fingerprint density at radius 1 is 1.42 bits per heavy atom. The Morgan fingerprint density at radius 2 is 2.16 bits per heavy atom. The van der Waals surface area contributed by atoms with Crippen molar-refractivity contribution in [3.63, 3.8) is 0 Å². The highest BCUT2D eigenvalue weighted by atomic mass is 79.9. The van der Waals surface area contributed by atoms with E-state index >= 15 is 0 Å². The minimum absolute atomic E-state index is 0.319. The molecule has 0 saturated carbocycles. The molecule has 0 radical (unpaired) electrons. The van der Waals surface area contributed by atoms with Crippen LogP contribution in [0.1, 0.15) is 36.7 Å². The molecular weight excluding hydrogens is 310 g/mol. The van der Waals surface area contributed by atoms with Gasteiger partial charge in [0.1, 0.15) is 18.0 Å². The topological polar surface area (TPSA) is 47.6 Å². The van der Waals surface area contributed by atoms with Crippen molar-refractivity contribution in [1.29, 1.82) is 0 Å². The molecule has 1 aromatic carbocycles. The van der Waals surface area contributed by atoms with Crippen molar-refractivity contribution in [2.75, 3.05) is 13.2 Å². The molecule has 5 heteroatoms. The van der Waals surface area contributed by atoms with Crippen LogP contribution in [0.4, 0.5) is 0 Å². The van der Waals surface area contributed by atoms with E-state index in [9.17, 15) is 4.79 Å². The quantitative estimate of drug-likeness (QED) is 0.806. The maximum Gasteiger partial charge on any atom is 0.338 e. The van der Waals surface area contributed by atoms with Crippen LogP contribution in [0.3, 0.4) is 0 Å². The average molecular weight is 328 g/mol. The van der Waals surface area contributed by atoms with Gasteiger partial charge in [-0.25, -0.2) is 4.79 Å². The summed E-state index contributed by atoms with van der Waals surface area (Å²) in [5.74, 6) is 0.484. The van der Waals surface area contributed by atoms with Crippen LogP contribution in [0, 0.1) is 0 Å². The summed E-state index contributed by atoms with van der Waals surface area (Å²) >= 11 is 3.45. The Hall–Kier alpha value is -1.07. The molecule has 0 saturated heterocycles. The van der Waals surface area contributed by atoms with Crippen molar-refractivity contribution in [2.24, 2.45) is 0 Å². The second kappa shape index (κ2) is 5.51. The standard InChI is InChI=1S/C14H18BrNO3/c1-14(2,3)19-13(17)9-6-10-8-16-4-5-18-12(10)11(15)7-9/h6-7,16H,4-5,8H2,1-3H3. The lowest BCUT2D eigenvalue weighted by Gasteiger charge is -2.20. The second-order valence-corrected chi connectivity index (χ2v) is 6.33. The molecule has 0 spiro atoms. The van der Waals surface area contributed by atoms with Crippen molar-refractivity contribution >= 4 is 21.9 Å². The first-order chi connectivity index (χ1) is 8.87. The molecule has 1 aromatic rings. The molecule has 19 heavy (non-hydrogen) atoms. The van der Waals surface area contributed by atoms with Crippen LogP contribution in [0.25, 0.3) is 0 Å². The smallest absolute Gasteiger partial charge is 0.338 e. The van der Waals surface area contributed by atoms with E-state index in [-0.39, 0.29) is 5.97 Å². The number of rotatable bonds is 1. The lowest BCUT2D eigenvalue weighted by Crippen LogP contribution is -2.24. The Morgan fingerprint density at radius 3 is 2.84 bits per heavy atom. The largest absolute Gasteiger partial charge is 0.491 e. The van der Waals surface area contributed by atoms with Crippen LogP contribution in [-0.2, 0) is 11.3 Å². The first-order valence-corrected chi connectivity index (χ1v) is 7.05. The predicted molar refractivity (Wildman–Crippen MR) is 76.5 cm³/mol. The number of halogens is 1. The third-order valence-electron chi connectivity index (χ3n) is 2.60. The summed E-state index contributed by atoms with van der Waals surface area (Å²) in [5, 5.41) is 3.25. The molecule has 0 aliphatic carbocycles. The summed E-state index contributed by atoms with van der Waals surface area (Å²) in [6.07, 6.45) is 0. The Labute approximate surface area is 121 Å². The van der Waals surface area contributed by atoms with Gasteiger partial charge in [-0.3, -0.25) is 0 Å². The van der Waals surface area contributed by atoms with Crippen molar-refractivity contribution in [3.05, 3.63) is 27.7 Å². The molecule has 1 heterocycles. The van der Waals surface area contributed by atoms with Gasteiger partial charge in [-0.2, -0.15) is 0 Å². The monoisotopic (exact) mass is 327 g/mol. The number of fused-ring (bicyclic) bond motifs is 1. The van der Waals surface area contributed by atoms with Gasteiger partial charge in [-0.1, -0.05) is 0 Å². The van der Waals surface area contributed by atoms with Crippen molar-refractivity contribution in [3.8, 4) is 5.75 Å². The molecule has 0 atom stereocenters. The molecule has 2 rings (SSSR count). The summed E-state index contributed by atoms with van der Waals surface area (Å²) in [4.78, 5) is 12.1. The zero-order valence-electron chi connectivity index (χ0n) is 11.4. The van der Waals surface area contributed by atoms with E-state index in [1.807, 2.05) is 26.8 Å². The van der Waals surface area contributed by atoms with Gasteiger partial charge in [0, 0.05) is 18.7 Å². The van der Waals surface area contributed by atoms with E-state index in [0.717, 1.165) is 22.3 Å². The number of hydrogen-bond donors (Lipinski definition) is 1. The van der Waals surface area contributed by atoms with Gasteiger partial charge in [0.05, 0.1) is 10.0 Å². The molecule has 1 aliphatic rings. The van der Waals surface area contributed by atoms with Crippen molar-refractivity contribution < 1.29 is 14.3 Å². The number of hydrogen-bond acceptors (Lipinski definition) is 4. The van der Waals surface area contributed by atoms with Crippen LogP contribution in [0.5, 0.6) is 5.75 Å². The highest BCUT2D eigenvalue weighted by Gasteiger charge is 2.21. The van der Waals surface area contributed by atoms with Gasteiger partial charge in [0.15, 0.2) is 0 Å². The van der Waals surface area contributed by atoms with Crippen molar-refractivity contribution in [2.45, 2.75) is 32.9 Å². The number of esters is 1. The Bertz CT molecular complexity index is 494. The van der Waals surface area contributed by atoms with Crippen LogP contribution in [-0.4, -0.2) is 24.7 Å². The van der Waals surface area contributed by atoms with E-state index < -0.39 is 5.60 Å². The molecule has 0 aromatic heterocycles. The van der Waals surface area contributed by atoms with E-state index in [0.29, 0.717) is 18.7 Å². The highest BCUT2D eigenvalue weighted by molar-refractivity contribution is 9.10. The van der Waals surface area contributed by atoms with Crippen LogP contribution >= 0.6 is 15.9 Å². The van der Waals surface area contributed by atoms with Crippen molar-refractivity contribution in [1.82, 2.24) is 5.32 Å². The van der Waals surface area contributed by atoms with Crippen LogP contribution in [0.2, 0.25) is 0 Å². The molecule has 0 fully saturated rings. The lowest BCUT2D eigenvalue weighted by atomic mass is 10.1. The molecule has 1 aliphatic heterocycles. The van der Waals surface area contributed by atoms with Crippen LogP contribution < -0.4 is 10.1 Å². The molecule has 0 unspecified atom stereocenters. The Balaban J connectivity index is 2.31. The van der Waals surface area contributed by atoms with Gasteiger partial charge < -0.3 is 14.8 Å². The van der Waals surface area contributed by atoms with Crippen LogP contribution in [0.15, 0.2) is 16.6 Å². The maximum absolute atomic E-state index is 12.1. The molecule has 104 valence electrons. The molecule has 0 bridgehead atoms. The van der Waals surface area contributed by atoms with Gasteiger partial charge in [-0.05, 0) is 48.8 Å². The minimum atomic E-state index is -0.495. The zero-order chi connectivity index (χ0) is 14.0. The third-order valence-corrected chi connectivity index (χ3v) is 3.18. The fourth-order valence-electron chi connectivity index (χ4n) is 1.85. The predicted octanol–water partition coefficient (Wildman–Crippen LogP) is 2.89. The minimum Gasteiger partial charge on any atom is -0.491 e. The maximum atomic E-state index is 12.1. The first kappa shape index (κ1) is 14.3. The summed E-state index contributed by atoms with van der Waals surface area (Å²) < 4.78 is 11.8. The van der Waals surface area contributed by atoms with Gasteiger partial charge in [0.25, 0.3) is 0 Å². The van der Waals surface area contributed by atoms with Gasteiger partial charge >= 0.3 is 5.97 Å². The summed E-state index contributed by atoms with van der Waals surface area (Å²) in [5.41, 5.74) is 1.01.